The first-order valence-electron chi connectivity index (χ1n) is 9.17. The van der Waals surface area contributed by atoms with Crippen LogP contribution in [0.15, 0.2) is 0 Å². The summed E-state index contributed by atoms with van der Waals surface area (Å²) in [7, 11) is 0. The third-order valence-electron chi connectivity index (χ3n) is 5.09. The van der Waals surface area contributed by atoms with Crippen molar-refractivity contribution in [3.63, 3.8) is 0 Å². The van der Waals surface area contributed by atoms with E-state index in [4.69, 9.17) is 0 Å². The fraction of sp³-hybridized carbons (Fsp3) is 0.611. The topological polar surface area (TPSA) is 78.5 Å². The van der Waals surface area contributed by atoms with Crippen LogP contribution in [0.5, 0.6) is 0 Å². The molecule has 6 nitrogen and oxygen atoms in total. The first-order chi connectivity index (χ1) is 11.8. The zero-order valence-corrected chi connectivity index (χ0v) is 14.4. The van der Waals surface area contributed by atoms with E-state index in [1.165, 1.54) is 47.5 Å². The van der Waals surface area contributed by atoms with E-state index in [2.05, 4.69) is 30.8 Å². The molecule has 0 saturated heterocycles. The largest absolute Gasteiger partial charge is 0.369 e. The van der Waals surface area contributed by atoms with Crippen molar-refractivity contribution < 1.29 is 0 Å². The van der Waals surface area contributed by atoms with Gasteiger partial charge in [-0.2, -0.15) is 5.10 Å². The number of rotatable bonds is 4. The summed E-state index contributed by atoms with van der Waals surface area (Å²) in [4.78, 5) is 9.30. The highest BCUT2D eigenvalue weighted by atomic mass is 15.1. The molecule has 3 heterocycles. The average Bonchev–Trinajstić information content (AvgIpc) is 2.84. The molecular weight excluding hydrogens is 300 g/mol. The first-order valence-corrected chi connectivity index (χ1v) is 9.17. The molecule has 0 saturated carbocycles. The van der Waals surface area contributed by atoms with E-state index < -0.39 is 0 Å². The van der Waals surface area contributed by atoms with Gasteiger partial charge in [-0.15, -0.1) is 0 Å². The maximum absolute atomic E-state index is 4.66. The molecule has 0 fully saturated rings. The second-order valence-corrected chi connectivity index (χ2v) is 6.81. The van der Waals surface area contributed by atoms with Crippen LogP contribution in [0.2, 0.25) is 0 Å². The van der Waals surface area contributed by atoms with E-state index in [0.29, 0.717) is 0 Å². The van der Waals surface area contributed by atoms with E-state index in [-0.39, 0.29) is 0 Å². The van der Waals surface area contributed by atoms with Crippen molar-refractivity contribution in [3.8, 4) is 0 Å². The van der Waals surface area contributed by atoms with Crippen molar-refractivity contribution in [2.75, 3.05) is 25.0 Å². The van der Waals surface area contributed by atoms with E-state index in [1.54, 1.807) is 0 Å². The SMILES string of the molecule is Cc1nc2c(c(NCCc3n[nH]c4c3CCCC4)n1)CCNCC2. The van der Waals surface area contributed by atoms with Crippen LogP contribution in [-0.2, 0) is 32.1 Å². The molecule has 0 aromatic carbocycles. The first kappa shape index (κ1) is 15.6. The summed E-state index contributed by atoms with van der Waals surface area (Å²) in [6, 6.07) is 0. The van der Waals surface area contributed by atoms with Gasteiger partial charge in [-0.3, -0.25) is 5.10 Å². The number of hydrogen-bond donors (Lipinski definition) is 3. The Hall–Kier alpha value is -1.95. The lowest BCUT2D eigenvalue weighted by Crippen LogP contribution is -2.16. The molecule has 0 spiro atoms. The molecule has 0 unspecified atom stereocenters. The molecule has 24 heavy (non-hydrogen) atoms. The number of nitrogens with one attached hydrogen (secondary N) is 3. The molecule has 2 aromatic heterocycles. The summed E-state index contributed by atoms with van der Waals surface area (Å²) in [6.07, 6.45) is 7.83. The minimum Gasteiger partial charge on any atom is -0.369 e. The van der Waals surface area contributed by atoms with Gasteiger partial charge in [0.15, 0.2) is 0 Å². The van der Waals surface area contributed by atoms with Crippen LogP contribution in [0.25, 0.3) is 0 Å². The van der Waals surface area contributed by atoms with Gasteiger partial charge in [0.25, 0.3) is 0 Å². The van der Waals surface area contributed by atoms with Crippen LogP contribution < -0.4 is 10.6 Å². The van der Waals surface area contributed by atoms with Crippen LogP contribution >= 0.6 is 0 Å². The zero-order valence-electron chi connectivity index (χ0n) is 14.4. The van der Waals surface area contributed by atoms with Crippen LogP contribution in [0.3, 0.4) is 0 Å². The second kappa shape index (κ2) is 6.89. The Kier molecular flexibility index (Phi) is 4.47. The maximum atomic E-state index is 4.66. The van der Waals surface area contributed by atoms with Gasteiger partial charge in [0.2, 0.25) is 0 Å². The van der Waals surface area contributed by atoms with Crippen LogP contribution in [0, 0.1) is 6.92 Å². The molecule has 6 heteroatoms. The third kappa shape index (κ3) is 3.15. The molecule has 128 valence electrons. The molecule has 0 radical (unpaired) electrons. The van der Waals surface area contributed by atoms with Gasteiger partial charge >= 0.3 is 0 Å². The molecule has 0 bridgehead atoms. The lowest BCUT2D eigenvalue weighted by Gasteiger charge is -2.14. The summed E-state index contributed by atoms with van der Waals surface area (Å²) in [5.41, 5.74) is 6.54. The predicted molar refractivity (Wildman–Crippen MR) is 94.5 cm³/mol. The normalized spacial score (nSPS) is 17.0. The molecule has 2 aliphatic rings. The van der Waals surface area contributed by atoms with Gasteiger partial charge in [0.05, 0.1) is 11.4 Å². The Morgan fingerprint density at radius 2 is 1.88 bits per heavy atom. The molecule has 3 N–H and O–H groups in total. The third-order valence-corrected chi connectivity index (χ3v) is 5.09. The number of aryl methyl sites for hydroxylation is 2. The van der Waals surface area contributed by atoms with E-state index >= 15 is 0 Å². The van der Waals surface area contributed by atoms with Crippen molar-refractivity contribution in [1.29, 1.82) is 0 Å². The number of aromatic amines is 1. The smallest absolute Gasteiger partial charge is 0.133 e. The summed E-state index contributed by atoms with van der Waals surface area (Å²) in [5, 5.41) is 14.8. The molecule has 1 aliphatic carbocycles. The summed E-state index contributed by atoms with van der Waals surface area (Å²) < 4.78 is 0. The Balaban J connectivity index is 1.46. The number of hydrogen-bond acceptors (Lipinski definition) is 5. The van der Waals surface area contributed by atoms with Gasteiger partial charge in [-0.05, 0) is 51.1 Å². The molecule has 2 aromatic rings. The fourth-order valence-corrected chi connectivity index (χ4v) is 3.87. The van der Waals surface area contributed by atoms with E-state index in [1.807, 2.05) is 6.92 Å². The zero-order chi connectivity index (χ0) is 16.4. The second-order valence-electron chi connectivity index (χ2n) is 6.81. The highest BCUT2D eigenvalue weighted by Gasteiger charge is 2.18. The molecule has 0 atom stereocenters. The number of aromatic nitrogens is 4. The monoisotopic (exact) mass is 326 g/mol. The lowest BCUT2D eigenvalue weighted by atomic mass is 9.95. The van der Waals surface area contributed by atoms with Crippen molar-refractivity contribution >= 4 is 5.82 Å². The quantitative estimate of drug-likeness (QED) is 0.797. The van der Waals surface area contributed by atoms with Crippen LogP contribution in [0.4, 0.5) is 5.82 Å². The van der Waals surface area contributed by atoms with E-state index in [9.17, 15) is 0 Å². The minimum absolute atomic E-state index is 0.857. The fourth-order valence-electron chi connectivity index (χ4n) is 3.87. The van der Waals surface area contributed by atoms with E-state index in [0.717, 1.165) is 57.0 Å². The van der Waals surface area contributed by atoms with Crippen molar-refractivity contribution in [2.45, 2.75) is 51.9 Å². The maximum Gasteiger partial charge on any atom is 0.133 e. The molecule has 4 rings (SSSR count). The van der Waals surface area contributed by atoms with Crippen LogP contribution in [-0.4, -0.2) is 39.8 Å². The summed E-state index contributed by atoms with van der Waals surface area (Å²) in [5.74, 6) is 1.88. The lowest BCUT2D eigenvalue weighted by molar-refractivity contribution is 0.672. The van der Waals surface area contributed by atoms with Crippen molar-refractivity contribution in [1.82, 2.24) is 25.5 Å². The molecule has 0 amide bonds. The highest BCUT2D eigenvalue weighted by Crippen LogP contribution is 2.23. The van der Waals surface area contributed by atoms with Gasteiger partial charge < -0.3 is 10.6 Å². The number of H-pyrrole nitrogens is 1. The highest BCUT2D eigenvalue weighted by molar-refractivity contribution is 5.47. The average molecular weight is 326 g/mol. The van der Waals surface area contributed by atoms with Crippen LogP contribution in [0.1, 0.15) is 46.9 Å². The van der Waals surface area contributed by atoms with Crippen molar-refractivity contribution in [3.05, 3.63) is 34.0 Å². The van der Waals surface area contributed by atoms with Gasteiger partial charge in [-0.1, -0.05) is 0 Å². The Bertz CT molecular complexity index is 721. The summed E-state index contributed by atoms with van der Waals surface area (Å²) >= 11 is 0. The Morgan fingerprint density at radius 1 is 1.00 bits per heavy atom. The predicted octanol–water partition coefficient (Wildman–Crippen LogP) is 1.73. The summed E-state index contributed by atoms with van der Waals surface area (Å²) in [6.45, 7) is 4.85. The number of anilines is 1. The Morgan fingerprint density at radius 3 is 2.83 bits per heavy atom. The number of fused-ring (bicyclic) bond motifs is 2. The number of nitrogens with zero attached hydrogens (tertiary/aromatic N) is 3. The van der Waals surface area contributed by atoms with Gasteiger partial charge in [0, 0.05) is 37.2 Å². The molecular formula is C18H26N6. The van der Waals surface area contributed by atoms with Crippen molar-refractivity contribution in [2.24, 2.45) is 0 Å². The standard InChI is InChI=1S/C18H26N6/c1-12-21-15-7-10-19-9-6-14(15)18(22-12)20-11-8-17-13-4-2-3-5-16(13)23-24-17/h19H,2-11H2,1H3,(H,23,24)(H,20,21,22). The minimum atomic E-state index is 0.857. The van der Waals surface area contributed by atoms with Gasteiger partial charge in [-0.25, -0.2) is 9.97 Å². The molecule has 1 aliphatic heterocycles. The Labute approximate surface area is 142 Å². The van der Waals surface area contributed by atoms with Gasteiger partial charge in [0.1, 0.15) is 11.6 Å².